The van der Waals surface area contributed by atoms with Crippen LogP contribution < -0.4 is 0 Å². The van der Waals surface area contributed by atoms with E-state index >= 15 is 0 Å². The summed E-state index contributed by atoms with van der Waals surface area (Å²) in [6.45, 7) is 0.409. The quantitative estimate of drug-likeness (QED) is 0.829. The third kappa shape index (κ3) is 3.42. The molecule has 5 nitrogen and oxygen atoms in total. The van der Waals surface area contributed by atoms with Gasteiger partial charge in [-0.05, 0) is 30.3 Å². The number of nitriles is 1. The van der Waals surface area contributed by atoms with E-state index in [1.807, 2.05) is 18.2 Å². The third-order valence-electron chi connectivity index (χ3n) is 3.46. The second-order valence-electron chi connectivity index (χ2n) is 4.73. The molecule has 0 spiro atoms. The highest BCUT2D eigenvalue weighted by Crippen LogP contribution is 2.29. The van der Waals surface area contributed by atoms with E-state index in [0.29, 0.717) is 17.9 Å². The van der Waals surface area contributed by atoms with E-state index in [1.165, 1.54) is 0 Å². The molecule has 1 aromatic carbocycles. The fraction of sp³-hybridized carbons (Fsp3) is 0.438. The normalized spacial score (nSPS) is 24.9. The van der Waals surface area contributed by atoms with Crippen LogP contribution in [0.5, 0.6) is 0 Å². The Morgan fingerprint density at radius 2 is 1.86 bits per heavy atom. The monoisotopic (exact) mass is 289 g/mol. The van der Waals surface area contributed by atoms with E-state index in [4.69, 9.17) is 24.2 Å². The highest BCUT2D eigenvalue weighted by Gasteiger charge is 2.35. The molecule has 21 heavy (non-hydrogen) atoms. The van der Waals surface area contributed by atoms with Gasteiger partial charge in [0.25, 0.3) is 0 Å². The van der Waals surface area contributed by atoms with Crippen molar-refractivity contribution >= 4 is 5.76 Å². The van der Waals surface area contributed by atoms with E-state index in [9.17, 15) is 0 Å². The van der Waals surface area contributed by atoms with Crippen LogP contribution in [0.2, 0.25) is 0 Å². The maximum Gasteiger partial charge on any atom is 0.151 e. The van der Waals surface area contributed by atoms with E-state index in [1.54, 1.807) is 33.5 Å². The Bertz CT molecular complexity index is 532. The predicted molar refractivity (Wildman–Crippen MR) is 77.5 cm³/mol. The number of rotatable bonds is 5. The second-order valence-corrected chi connectivity index (χ2v) is 4.73. The molecular weight excluding hydrogens is 270 g/mol. The molecule has 2 rings (SSSR count). The Kier molecular flexibility index (Phi) is 5.34. The van der Waals surface area contributed by atoms with Crippen LogP contribution in [-0.2, 0) is 18.9 Å². The lowest BCUT2D eigenvalue weighted by molar-refractivity contribution is -0.106. The zero-order chi connectivity index (χ0) is 15.2. The summed E-state index contributed by atoms with van der Waals surface area (Å²) in [5.74, 6) is 0.710. The van der Waals surface area contributed by atoms with Gasteiger partial charge in [0.2, 0.25) is 0 Å². The van der Waals surface area contributed by atoms with Crippen LogP contribution in [0.25, 0.3) is 5.76 Å². The zero-order valence-corrected chi connectivity index (χ0v) is 12.4. The zero-order valence-electron chi connectivity index (χ0n) is 12.4. The lowest BCUT2D eigenvalue weighted by Crippen LogP contribution is -2.45. The fourth-order valence-corrected chi connectivity index (χ4v) is 2.38. The summed E-state index contributed by atoms with van der Waals surface area (Å²) in [6, 6.07) is 9.33. The Balaban J connectivity index is 2.29. The van der Waals surface area contributed by atoms with Gasteiger partial charge in [0.15, 0.2) is 6.10 Å². The van der Waals surface area contributed by atoms with Gasteiger partial charge in [0, 0.05) is 26.9 Å². The average molecular weight is 289 g/mol. The van der Waals surface area contributed by atoms with Crippen molar-refractivity contribution in [3.63, 3.8) is 0 Å². The van der Waals surface area contributed by atoms with E-state index in [2.05, 4.69) is 6.07 Å². The van der Waals surface area contributed by atoms with Crippen molar-refractivity contribution in [1.29, 1.82) is 5.26 Å². The number of hydrogen-bond donors (Lipinski definition) is 0. The molecule has 1 heterocycles. The van der Waals surface area contributed by atoms with Gasteiger partial charge in [-0.3, -0.25) is 0 Å². The number of nitrogens with zero attached hydrogens (tertiary/aromatic N) is 1. The standard InChI is InChI=1S/C16H19NO4/c1-18-10-15-16(20-3)14(19-2)8-13(21-15)12-6-4-11(9-17)5-7-12/h4-8,14-16H,10H2,1-3H3/t14-,15-,16+/m1/s1. The topological polar surface area (TPSA) is 60.7 Å². The van der Waals surface area contributed by atoms with Gasteiger partial charge in [0.1, 0.15) is 18.0 Å². The molecule has 1 aliphatic heterocycles. The van der Waals surface area contributed by atoms with Crippen LogP contribution in [0.1, 0.15) is 11.1 Å². The smallest absolute Gasteiger partial charge is 0.151 e. The van der Waals surface area contributed by atoms with Gasteiger partial charge < -0.3 is 18.9 Å². The molecule has 112 valence electrons. The van der Waals surface area contributed by atoms with E-state index < -0.39 is 0 Å². The molecular formula is C16H19NO4. The summed E-state index contributed by atoms with van der Waals surface area (Å²) in [7, 11) is 4.89. The molecule has 0 saturated heterocycles. The molecule has 0 bridgehead atoms. The van der Waals surface area contributed by atoms with Crippen LogP contribution >= 0.6 is 0 Å². The molecule has 0 saturated carbocycles. The third-order valence-corrected chi connectivity index (χ3v) is 3.46. The minimum absolute atomic E-state index is 0.213. The molecule has 1 aliphatic rings. The van der Waals surface area contributed by atoms with Crippen LogP contribution in [0.3, 0.4) is 0 Å². The second kappa shape index (κ2) is 7.23. The number of benzene rings is 1. The predicted octanol–water partition coefficient (Wildman–Crippen LogP) is 1.97. The average Bonchev–Trinajstić information content (AvgIpc) is 2.54. The first-order chi connectivity index (χ1) is 10.2. The van der Waals surface area contributed by atoms with Gasteiger partial charge >= 0.3 is 0 Å². The molecule has 0 unspecified atom stereocenters. The fourth-order valence-electron chi connectivity index (χ4n) is 2.38. The van der Waals surface area contributed by atoms with Gasteiger partial charge in [-0.1, -0.05) is 0 Å². The first-order valence-electron chi connectivity index (χ1n) is 6.67. The largest absolute Gasteiger partial charge is 0.485 e. The summed E-state index contributed by atoms with van der Waals surface area (Å²) in [5.41, 5.74) is 1.51. The van der Waals surface area contributed by atoms with Gasteiger partial charge in [0.05, 0.1) is 18.2 Å². The molecule has 0 fully saturated rings. The van der Waals surface area contributed by atoms with E-state index in [0.717, 1.165) is 5.56 Å². The van der Waals surface area contributed by atoms with Crippen molar-refractivity contribution in [1.82, 2.24) is 0 Å². The van der Waals surface area contributed by atoms with Crippen molar-refractivity contribution in [2.45, 2.75) is 18.3 Å². The minimum Gasteiger partial charge on any atom is -0.485 e. The van der Waals surface area contributed by atoms with Crippen molar-refractivity contribution in [3.05, 3.63) is 41.5 Å². The molecule has 0 amide bonds. The highest BCUT2D eigenvalue weighted by molar-refractivity contribution is 5.62. The van der Waals surface area contributed by atoms with Crippen LogP contribution in [0.4, 0.5) is 0 Å². The van der Waals surface area contributed by atoms with Crippen LogP contribution in [0, 0.1) is 11.3 Å². The summed E-state index contributed by atoms with van der Waals surface area (Å²) in [6.07, 6.45) is 1.20. The maximum absolute atomic E-state index is 8.85. The molecule has 1 aromatic rings. The molecule has 3 atom stereocenters. The summed E-state index contributed by atoms with van der Waals surface area (Å²) in [4.78, 5) is 0. The molecule has 0 aliphatic carbocycles. The lowest BCUT2D eigenvalue weighted by atomic mass is 10.0. The van der Waals surface area contributed by atoms with Crippen molar-refractivity contribution < 1.29 is 18.9 Å². The molecule has 0 aromatic heterocycles. The van der Waals surface area contributed by atoms with Gasteiger partial charge in [-0.25, -0.2) is 0 Å². The first-order valence-corrected chi connectivity index (χ1v) is 6.67. The van der Waals surface area contributed by atoms with Gasteiger partial charge in [-0.2, -0.15) is 5.26 Å². The van der Waals surface area contributed by atoms with Gasteiger partial charge in [-0.15, -0.1) is 0 Å². The van der Waals surface area contributed by atoms with Crippen LogP contribution in [0.15, 0.2) is 30.3 Å². The Morgan fingerprint density at radius 1 is 1.14 bits per heavy atom. The van der Waals surface area contributed by atoms with Crippen LogP contribution in [-0.4, -0.2) is 46.2 Å². The van der Waals surface area contributed by atoms with Crippen molar-refractivity contribution in [3.8, 4) is 6.07 Å². The van der Waals surface area contributed by atoms with Crippen molar-refractivity contribution in [2.75, 3.05) is 27.9 Å². The Morgan fingerprint density at radius 3 is 2.38 bits per heavy atom. The summed E-state index contributed by atoms with van der Waals surface area (Å²) in [5, 5.41) is 8.85. The Labute approximate surface area is 124 Å². The summed E-state index contributed by atoms with van der Waals surface area (Å²) < 4.78 is 22.1. The summed E-state index contributed by atoms with van der Waals surface area (Å²) >= 11 is 0. The van der Waals surface area contributed by atoms with Crippen molar-refractivity contribution in [2.24, 2.45) is 0 Å². The highest BCUT2D eigenvalue weighted by atomic mass is 16.6. The first kappa shape index (κ1) is 15.5. The maximum atomic E-state index is 8.85. The SMILES string of the molecule is COC[C@H]1OC(c2ccc(C#N)cc2)=C[C@@H](OC)[C@@H]1OC. The number of ether oxygens (including phenoxy) is 4. The molecule has 0 radical (unpaired) electrons. The van der Waals surface area contributed by atoms with E-state index in [-0.39, 0.29) is 18.3 Å². The number of hydrogen-bond acceptors (Lipinski definition) is 5. The molecule has 0 N–H and O–H groups in total. The number of methoxy groups -OCH3 is 3. The Hall–Kier alpha value is -1.87. The molecule has 5 heteroatoms. The minimum atomic E-state index is -0.249. The lowest BCUT2D eigenvalue weighted by Gasteiger charge is -2.35.